The van der Waals surface area contributed by atoms with Crippen molar-refractivity contribution in [2.45, 2.75) is 17.7 Å². The summed E-state index contributed by atoms with van der Waals surface area (Å²) in [6.07, 6.45) is 0.718. The first-order valence-electron chi connectivity index (χ1n) is 8.59. The van der Waals surface area contributed by atoms with Crippen LogP contribution in [0.5, 0.6) is 17.2 Å². The van der Waals surface area contributed by atoms with Crippen molar-refractivity contribution in [2.75, 3.05) is 25.6 Å². The molecule has 0 amide bonds. The van der Waals surface area contributed by atoms with Crippen LogP contribution >= 0.6 is 0 Å². The Balaban J connectivity index is 1.84. The van der Waals surface area contributed by atoms with Gasteiger partial charge in [-0.15, -0.1) is 0 Å². The van der Waals surface area contributed by atoms with Crippen LogP contribution in [0.3, 0.4) is 0 Å². The molecule has 0 aromatic heterocycles. The predicted octanol–water partition coefficient (Wildman–Crippen LogP) is 2.09. The van der Waals surface area contributed by atoms with E-state index in [0.717, 1.165) is 0 Å². The van der Waals surface area contributed by atoms with Gasteiger partial charge >= 0.3 is 5.97 Å². The van der Waals surface area contributed by atoms with E-state index in [0.29, 0.717) is 18.8 Å². The molecule has 2 aromatic carbocycles. The van der Waals surface area contributed by atoms with Crippen LogP contribution in [0.25, 0.3) is 0 Å². The highest BCUT2D eigenvalue weighted by Gasteiger charge is 2.15. The SMILES string of the molecule is O=C(O)c1ccc(OCCCS(=O)(=O)c2ccc(OCCCO)cc2)cc1O. The molecule has 0 aliphatic carbocycles. The minimum absolute atomic E-state index is 0.0256. The van der Waals surface area contributed by atoms with Gasteiger partial charge in [0.15, 0.2) is 9.84 Å². The first-order valence-corrected chi connectivity index (χ1v) is 10.2. The largest absolute Gasteiger partial charge is 0.507 e. The Morgan fingerprint density at radius 2 is 1.54 bits per heavy atom. The summed E-state index contributed by atoms with van der Waals surface area (Å²) in [5.74, 6) is -1.01. The molecule has 0 spiro atoms. The summed E-state index contributed by atoms with van der Waals surface area (Å²) in [6.45, 7) is 0.466. The zero-order chi connectivity index (χ0) is 20.6. The van der Waals surface area contributed by atoms with Gasteiger partial charge in [-0.3, -0.25) is 0 Å². The van der Waals surface area contributed by atoms with Crippen LogP contribution in [-0.4, -0.2) is 55.3 Å². The Morgan fingerprint density at radius 3 is 2.14 bits per heavy atom. The van der Waals surface area contributed by atoms with Crippen LogP contribution in [0.2, 0.25) is 0 Å². The lowest BCUT2D eigenvalue weighted by molar-refractivity contribution is 0.0693. The van der Waals surface area contributed by atoms with Crippen molar-refractivity contribution in [2.24, 2.45) is 0 Å². The number of benzene rings is 2. The number of aromatic carboxylic acids is 1. The maximum absolute atomic E-state index is 12.4. The van der Waals surface area contributed by atoms with E-state index in [2.05, 4.69) is 0 Å². The fraction of sp³-hybridized carbons (Fsp3) is 0.316. The minimum Gasteiger partial charge on any atom is -0.507 e. The van der Waals surface area contributed by atoms with E-state index in [9.17, 15) is 18.3 Å². The number of phenols is 1. The van der Waals surface area contributed by atoms with Gasteiger partial charge in [0.05, 0.1) is 23.9 Å². The number of ether oxygens (including phenoxy) is 2. The van der Waals surface area contributed by atoms with Gasteiger partial charge < -0.3 is 24.8 Å². The second kappa shape index (κ2) is 9.95. The third kappa shape index (κ3) is 6.14. The molecule has 0 atom stereocenters. The van der Waals surface area contributed by atoms with E-state index in [-0.39, 0.29) is 41.6 Å². The van der Waals surface area contributed by atoms with Gasteiger partial charge in [-0.1, -0.05) is 0 Å². The van der Waals surface area contributed by atoms with Gasteiger partial charge in [0.25, 0.3) is 0 Å². The molecular formula is C19H22O8S. The molecule has 0 aliphatic rings. The Bertz CT molecular complexity index is 891. The highest BCUT2D eigenvalue weighted by molar-refractivity contribution is 7.91. The topological polar surface area (TPSA) is 130 Å². The maximum atomic E-state index is 12.4. The van der Waals surface area contributed by atoms with Gasteiger partial charge in [0.2, 0.25) is 0 Å². The van der Waals surface area contributed by atoms with E-state index >= 15 is 0 Å². The molecule has 0 heterocycles. The van der Waals surface area contributed by atoms with Crippen molar-refractivity contribution in [3.05, 3.63) is 48.0 Å². The van der Waals surface area contributed by atoms with Gasteiger partial charge in [-0.05, 0) is 42.8 Å². The predicted molar refractivity (Wildman–Crippen MR) is 101 cm³/mol. The quantitative estimate of drug-likeness (QED) is 0.480. The van der Waals surface area contributed by atoms with Crippen molar-refractivity contribution in [3.63, 3.8) is 0 Å². The average Bonchev–Trinajstić information content (AvgIpc) is 2.66. The lowest BCUT2D eigenvalue weighted by Crippen LogP contribution is -2.10. The lowest BCUT2D eigenvalue weighted by Gasteiger charge is -2.09. The third-order valence-corrected chi connectivity index (χ3v) is 5.60. The Morgan fingerprint density at radius 1 is 0.929 bits per heavy atom. The lowest BCUT2D eigenvalue weighted by atomic mass is 10.2. The molecule has 0 fully saturated rings. The first-order chi connectivity index (χ1) is 13.3. The van der Waals surface area contributed by atoms with E-state index < -0.39 is 21.6 Å². The highest BCUT2D eigenvalue weighted by atomic mass is 32.2. The minimum atomic E-state index is -3.49. The molecule has 2 rings (SSSR count). The molecule has 0 unspecified atom stereocenters. The van der Waals surface area contributed by atoms with Gasteiger partial charge in [-0.2, -0.15) is 0 Å². The van der Waals surface area contributed by atoms with E-state index in [1.807, 2.05) is 0 Å². The van der Waals surface area contributed by atoms with Crippen molar-refractivity contribution in [1.82, 2.24) is 0 Å². The van der Waals surface area contributed by atoms with Crippen LogP contribution in [0.15, 0.2) is 47.4 Å². The fourth-order valence-electron chi connectivity index (χ4n) is 2.34. The second-order valence-corrected chi connectivity index (χ2v) is 8.01. The number of aromatic hydroxyl groups is 1. The maximum Gasteiger partial charge on any atom is 0.339 e. The van der Waals surface area contributed by atoms with E-state index in [1.165, 1.54) is 30.3 Å². The van der Waals surface area contributed by atoms with Gasteiger partial charge in [0, 0.05) is 19.1 Å². The molecule has 28 heavy (non-hydrogen) atoms. The van der Waals surface area contributed by atoms with E-state index in [4.69, 9.17) is 19.7 Å². The fourth-order valence-corrected chi connectivity index (χ4v) is 3.62. The number of carbonyl (C=O) groups is 1. The Labute approximate surface area is 162 Å². The number of aliphatic hydroxyl groups excluding tert-OH is 1. The zero-order valence-electron chi connectivity index (χ0n) is 15.1. The molecule has 3 N–H and O–H groups in total. The van der Waals surface area contributed by atoms with Crippen molar-refractivity contribution < 1.29 is 38.0 Å². The van der Waals surface area contributed by atoms with Crippen LogP contribution in [0.4, 0.5) is 0 Å². The zero-order valence-corrected chi connectivity index (χ0v) is 15.9. The van der Waals surface area contributed by atoms with Gasteiger partial charge in [-0.25, -0.2) is 13.2 Å². The summed E-state index contributed by atoms with van der Waals surface area (Å²) in [4.78, 5) is 11.0. The molecule has 8 nitrogen and oxygen atoms in total. The summed E-state index contributed by atoms with van der Waals surface area (Å²) < 4.78 is 35.4. The molecule has 2 aromatic rings. The Kier molecular flexibility index (Phi) is 7.65. The molecule has 0 bridgehead atoms. The molecule has 0 aliphatic heterocycles. The van der Waals surface area contributed by atoms with Crippen LogP contribution in [0.1, 0.15) is 23.2 Å². The first kappa shape index (κ1) is 21.5. The molecule has 9 heteroatoms. The van der Waals surface area contributed by atoms with Crippen LogP contribution < -0.4 is 9.47 Å². The van der Waals surface area contributed by atoms with Crippen molar-refractivity contribution in [3.8, 4) is 17.2 Å². The second-order valence-electron chi connectivity index (χ2n) is 5.90. The summed E-state index contributed by atoms with van der Waals surface area (Å²) >= 11 is 0. The number of hydrogen-bond acceptors (Lipinski definition) is 7. The van der Waals surface area contributed by atoms with Crippen LogP contribution in [0, 0.1) is 0 Å². The van der Waals surface area contributed by atoms with Crippen LogP contribution in [-0.2, 0) is 9.84 Å². The number of hydrogen-bond donors (Lipinski definition) is 3. The molecule has 0 saturated carbocycles. The van der Waals surface area contributed by atoms with Crippen molar-refractivity contribution in [1.29, 1.82) is 0 Å². The van der Waals surface area contributed by atoms with Gasteiger partial charge in [0.1, 0.15) is 22.8 Å². The summed E-state index contributed by atoms with van der Waals surface area (Å²) in [7, 11) is -3.49. The number of rotatable bonds is 11. The Hall–Kier alpha value is -2.78. The number of aliphatic hydroxyl groups is 1. The summed E-state index contributed by atoms with van der Waals surface area (Å²) in [5.41, 5.74) is -0.237. The highest BCUT2D eigenvalue weighted by Crippen LogP contribution is 2.24. The van der Waals surface area contributed by atoms with Crippen molar-refractivity contribution >= 4 is 15.8 Å². The number of carboxylic acids is 1. The average molecular weight is 410 g/mol. The monoisotopic (exact) mass is 410 g/mol. The molecular weight excluding hydrogens is 388 g/mol. The molecule has 0 radical (unpaired) electrons. The number of sulfone groups is 1. The third-order valence-electron chi connectivity index (χ3n) is 3.78. The smallest absolute Gasteiger partial charge is 0.339 e. The standard InChI is InChI=1S/C19H22O8S/c20-9-1-10-26-14-3-6-16(7-4-14)28(24,25)12-2-11-27-15-5-8-17(19(22)23)18(21)13-15/h3-8,13,20-21H,1-2,9-12H2,(H,22,23). The normalized spacial score (nSPS) is 11.2. The van der Waals surface area contributed by atoms with E-state index in [1.54, 1.807) is 12.1 Å². The summed E-state index contributed by atoms with van der Waals surface area (Å²) in [6, 6.07) is 9.84. The molecule has 152 valence electrons. The summed E-state index contributed by atoms with van der Waals surface area (Å²) in [5, 5.41) is 27.2. The number of carboxylic acid groups (broad SMARTS) is 1. The molecule has 0 saturated heterocycles.